The van der Waals surface area contributed by atoms with Gasteiger partial charge in [-0.15, -0.1) is 0 Å². The number of alkyl halides is 1. The Morgan fingerprint density at radius 1 is 1.11 bits per heavy atom. The molecule has 4 fully saturated rings. The first-order chi connectivity index (χ1) is 25.7. The Kier molecular flexibility index (Phi) is 7.73. The first kappa shape index (κ1) is 34.5. The number of carbonyl (C=O) groups is 1. The molecule has 282 valence electrons. The van der Waals surface area contributed by atoms with Crippen molar-refractivity contribution < 1.29 is 31.9 Å². The first-order valence-corrected chi connectivity index (χ1v) is 18.3. The van der Waals surface area contributed by atoms with Crippen LogP contribution >= 0.6 is 0 Å². The monoisotopic (exact) mass is 743 g/mol. The van der Waals surface area contributed by atoms with Gasteiger partial charge in [0.05, 0.1) is 34.0 Å². The van der Waals surface area contributed by atoms with Crippen LogP contribution in [-0.2, 0) is 11.8 Å². The van der Waals surface area contributed by atoms with Gasteiger partial charge in [0.15, 0.2) is 5.82 Å². The molecule has 2 N–H and O–H groups in total. The number of carbonyl (C=O) groups excluding carboxylic acids is 1. The highest BCUT2D eigenvalue weighted by atomic mass is 19.1. The molecule has 2 aromatic carbocycles. The third-order valence-corrected chi connectivity index (χ3v) is 11.4. The van der Waals surface area contributed by atoms with E-state index in [4.69, 9.17) is 24.6 Å². The molecule has 9 rings (SSSR count). The quantitative estimate of drug-likeness (QED) is 0.219. The summed E-state index contributed by atoms with van der Waals surface area (Å²) in [6, 6.07) is 3.94. The Hall–Kier alpha value is -5.30. The molecule has 0 unspecified atom stereocenters. The average Bonchev–Trinajstić information content (AvgIpc) is 3.89. The minimum absolute atomic E-state index is 0.0169. The summed E-state index contributed by atoms with van der Waals surface area (Å²) in [5.74, 6) is -1.56. The molecule has 0 saturated carbocycles. The van der Waals surface area contributed by atoms with E-state index in [1.807, 2.05) is 31.7 Å². The van der Waals surface area contributed by atoms with E-state index < -0.39 is 28.9 Å². The number of nitrogens with zero attached hydrogens (tertiary/aromatic N) is 8. The van der Waals surface area contributed by atoms with Gasteiger partial charge in [0.25, 0.3) is 0 Å². The third kappa shape index (κ3) is 5.30. The third-order valence-electron chi connectivity index (χ3n) is 11.4. The van der Waals surface area contributed by atoms with E-state index in [0.29, 0.717) is 42.6 Å². The lowest BCUT2D eigenvalue weighted by atomic mass is 9.94. The van der Waals surface area contributed by atoms with Crippen LogP contribution in [0, 0.1) is 23.0 Å². The number of piperazine rings is 1. The number of hydrogen-bond acceptors (Lipinski definition) is 11. The highest BCUT2D eigenvalue weighted by Gasteiger charge is 2.50. The summed E-state index contributed by atoms with van der Waals surface area (Å²) in [6.07, 6.45) is 3.79. The normalized spacial score (nSPS) is 24.2. The maximum atomic E-state index is 17.6. The SMILES string of the molecule is Cn1cc2c(n1)c(-c1c(F)ccc3oc(N)c(C#N)c13)c(F)c1nc(OC[C@@]34CCCN3C[C@H](F)C4)nc(N3C[C@H]4CC[C@@H](C3)N4C(=O)OC(C)(C)C)c12. The number of rotatable bonds is 5. The van der Waals surface area contributed by atoms with E-state index in [1.165, 1.54) is 10.7 Å². The van der Waals surface area contributed by atoms with E-state index in [-0.39, 0.29) is 75.4 Å². The molecule has 13 nitrogen and oxygen atoms in total. The van der Waals surface area contributed by atoms with E-state index >= 15 is 8.78 Å². The molecule has 4 saturated heterocycles. The number of halogens is 3. The maximum absolute atomic E-state index is 17.6. The fourth-order valence-corrected chi connectivity index (χ4v) is 9.31. The van der Waals surface area contributed by atoms with Crippen LogP contribution < -0.4 is 15.4 Å². The Bertz CT molecular complexity index is 2400. The molecule has 0 radical (unpaired) electrons. The Balaban J connectivity index is 1.24. The van der Waals surface area contributed by atoms with E-state index in [2.05, 4.69) is 15.0 Å². The number of nitrogen functional groups attached to an aromatic ring is 1. The molecule has 4 atom stereocenters. The second kappa shape index (κ2) is 12.1. The number of nitriles is 1. The van der Waals surface area contributed by atoms with Crippen molar-refractivity contribution in [3.63, 3.8) is 0 Å². The standard InChI is InChI=1S/C38H40F3N9O4/c1-37(2,3)54-36(51)50-20-6-7-21(50)16-48(15-20)34-27-23-17-47(4)46-31(23)29(28-24(40)8-9-25-26(28)22(13-42)33(43)53-25)30(41)32(27)44-35(45-34)52-18-38-10-5-11-49(38)14-19(39)12-38/h8-9,17,19-21H,5-7,10-12,14-16,18,43H2,1-4H3/t19-,20-,21+,38+/m1/s1. The molecule has 4 aliphatic rings. The van der Waals surface area contributed by atoms with Crippen LogP contribution in [0.25, 0.3) is 43.9 Å². The van der Waals surface area contributed by atoms with Gasteiger partial charge in [-0.25, -0.2) is 18.0 Å². The van der Waals surface area contributed by atoms with Crippen molar-refractivity contribution in [1.29, 1.82) is 5.26 Å². The lowest BCUT2D eigenvalue weighted by Gasteiger charge is -2.42. The van der Waals surface area contributed by atoms with Gasteiger partial charge < -0.3 is 24.5 Å². The van der Waals surface area contributed by atoms with Crippen LogP contribution in [0.2, 0.25) is 0 Å². The highest BCUT2D eigenvalue weighted by molar-refractivity contribution is 6.18. The second-order valence-electron chi connectivity index (χ2n) is 16.1. The smallest absolute Gasteiger partial charge is 0.410 e. The average molecular weight is 744 g/mol. The molecule has 0 aliphatic carbocycles. The molecular formula is C38H40F3N9O4. The Labute approximate surface area is 308 Å². The van der Waals surface area contributed by atoms with Crippen LogP contribution in [0.1, 0.15) is 58.4 Å². The largest absolute Gasteiger partial charge is 0.461 e. The molecule has 54 heavy (non-hydrogen) atoms. The van der Waals surface area contributed by atoms with E-state index in [0.717, 1.165) is 38.3 Å². The second-order valence-corrected chi connectivity index (χ2v) is 16.1. The zero-order valence-electron chi connectivity index (χ0n) is 30.5. The number of aryl methyl sites for hydroxylation is 1. The summed E-state index contributed by atoms with van der Waals surface area (Å²) < 4.78 is 67.6. The summed E-state index contributed by atoms with van der Waals surface area (Å²) in [5, 5.41) is 15.4. The number of nitrogens with two attached hydrogens (primary N) is 1. The van der Waals surface area contributed by atoms with Gasteiger partial charge in [-0.05, 0) is 65.1 Å². The maximum Gasteiger partial charge on any atom is 0.410 e. The minimum atomic E-state index is -0.981. The first-order valence-electron chi connectivity index (χ1n) is 18.3. The van der Waals surface area contributed by atoms with Crippen molar-refractivity contribution in [2.75, 3.05) is 43.4 Å². The number of anilines is 2. The molecule has 2 bridgehead atoms. The summed E-state index contributed by atoms with van der Waals surface area (Å²) in [5.41, 5.74) is 4.32. The van der Waals surface area contributed by atoms with Crippen molar-refractivity contribution >= 4 is 50.6 Å². The topological polar surface area (TPSA) is 152 Å². The number of hydrogen-bond donors (Lipinski definition) is 1. The fraction of sp³-hybridized carbons (Fsp3) is 0.500. The van der Waals surface area contributed by atoms with Gasteiger partial charge >= 0.3 is 12.1 Å². The van der Waals surface area contributed by atoms with Crippen LogP contribution in [0.5, 0.6) is 6.01 Å². The lowest BCUT2D eigenvalue weighted by molar-refractivity contribution is 0.0122. The lowest BCUT2D eigenvalue weighted by Crippen LogP contribution is -2.57. The predicted molar refractivity (Wildman–Crippen MR) is 194 cm³/mol. The summed E-state index contributed by atoms with van der Waals surface area (Å²) in [7, 11) is 1.67. The number of ether oxygens (including phenoxy) is 2. The van der Waals surface area contributed by atoms with E-state index in [1.54, 1.807) is 18.1 Å². The Morgan fingerprint density at radius 2 is 1.87 bits per heavy atom. The number of benzene rings is 2. The number of amides is 1. The zero-order chi connectivity index (χ0) is 37.8. The molecule has 0 spiro atoms. The van der Waals surface area contributed by atoms with Gasteiger partial charge in [0.1, 0.15) is 58.3 Å². The summed E-state index contributed by atoms with van der Waals surface area (Å²) in [4.78, 5) is 28.9. The molecule has 4 aliphatic heterocycles. The van der Waals surface area contributed by atoms with Crippen LogP contribution in [0.15, 0.2) is 22.7 Å². The zero-order valence-corrected chi connectivity index (χ0v) is 30.5. The predicted octanol–water partition coefficient (Wildman–Crippen LogP) is 6.21. The van der Waals surface area contributed by atoms with Crippen LogP contribution in [0.3, 0.4) is 0 Å². The van der Waals surface area contributed by atoms with Crippen molar-refractivity contribution in [3.8, 4) is 23.2 Å². The van der Waals surface area contributed by atoms with Gasteiger partial charge in [0.2, 0.25) is 5.88 Å². The molecule has 16 heteroatoms. The van der Waals surface area contributed by atoms with Crippen molar-refractivity contribution in [2.45, 2.75) is 82.3 Å². The summed E-state index contributed by atoms with van der Waals surface area (Å²) >= 11 is 0. The van der Waals surface area contributed by atoms with Gasteiger partial charge in [-0.2, -0.15) is 20.3 Å². The Morgan fingerprint density at radius 3 is 2.59 bits per heavy atom. The van der Waals surface area contributed by atoms with Crippen molar-refractivity contribution in [1.82, 2.24) is 29.5 Å². The van der Waals surface area contributed by atoms with Crippen LogP contribution in [-0.4, -0.2) is 97.8 Å². The highest BCUT2D eigenvalue weighted by Crippen LogP contribution is 2.47. The van der Waals surface area contributed by atoms with Gasteiger partial charge in [0, 0.05) is 50.2 Å². The molecule has 3 aromatic heterocycles. The number of fused-ring (bicyclic) bond motifs is 7. The number of furan rings is 1. The summed E-state index contributed by atoms with van der Waals surface area (Å²) in [6.45, 7) is 7.44. The molecule has 7 heterocycles. The van der Waals surface area contributed by atoms with E-state index in [9.17, 15) is 14.4 Å². The van der Waals surface area contributed by atoms with Crippen molar-refractivity contribution in [3.05, 3.63) is 35.5 Å². The molecule has 5 aromatic rings. The van der Waals surface area contributed by atoms with Crippen LogP contribution in [0.4, 0.5) is 29.7 Å². The molecule has 1 amide bonds. The van der Waals surface area contributed by atoms with Gasteiger partial charge in [-0.3, -0.25) is 14.5 Å². The number of aromatic nitrogens is 4. The van der Waals surface area contributed by atoms with Gasteiger partial charge in [-0.1, -0.05) is 0 Å². The molecular weight excluding hydrogens is 703 g/mol. The fourth-order valence-electron chi connectivity index (χ4n) is 9.31. The van der Waals surface area contributed by atoms with Crippen molar-refractivity contribution in [2.24, 2.45) is 7.05 Å². The minimum Gasteiger partial charge on any atom is -0.461 e.